The maximum atomic E-state index is 13.1. The maximum absolute atomic E-state index is 13.1. The van der Waals surface area contributed by atoms with Crippen molar-refractivity contribution in [2.75, 3.05) is 36.8 Å². The van der Waals surface area contributed by atoms with Gasteiger partial charge in [0, 0.05) is 36.9 Å². The predicted octanol–water partition coefficient (Wildman–Crippen LogP) is 1.69. The summed E-state index contributed by atoms with van der Waals surface area (Å²) in [4.78, 5) is 14.4. The fraction of sp³-hybridized carbons (Fsp3) is 0.556. The number of sulfonamides is 1. The summed E-state index contributed by atoms with van der Waals surface area (Å²) in [6.45, 7) is 1.68. The SMILES string of the molecule is O=C(NO)C1(CS(=O)(=O)N2CCN(c3ccc(Cl)cc3)CC2)CCC(=NO)CC1. The van der Waals surface area contributed by atoms with Crippen LogP contribution in [0.4, 0.5) is 5.69 Å². The Morgan fingerprint density at radius 1 is 1.14 bits per heavy atom. The standard InChI is InChI=1S/C18H25ClN4O5S/c19-14-1-3-16(4-2-14)22-9-11-23(12-10-22)29(27,28)13-18(17(24)21-26)7-5-15(20-25)6-8-18/h1-4,25-26H,5-13H2,(H,21,24). The first-order valence-electron chi connectivity index (χ1n) is 9.42. The van der Waals surface area contributed by atoms with E-state index in [0.29, 0.717) is 49.8 Å². The Balaban J connectivity index is 1.68. The van der Waals surface area contributed by atoms with Crippen molar-refractivity contribution in [1.29, 1.82) is 0 Å². The van der Waals surface area contributed by atoms with E-state index in [-0.39, 0.29) is 18.6 Å². The van der Waals surface area contributed by atoms with Gasteiger partial charge in [-0.05, 0) is 49.9 Å². The van der Waals surface area contributed by atoms with Gasteiger partial charge in [-0.25, -0.2) is 13.9 Å². The van der Waals surface area contributed by atoms with Crippen LogP contribution in [0.5, 0.6) is 0 Å². The first-order valence-corrected chi connectivity index (χ1v) is 11.4. The van der Waals surface area contributed by atoms with Gasteiger partial charge in [0.25, 0.3) is 5.91 Å². The zero-order valence-corrected chi connectivity index (χ0v) is 17.5. The molecule has 0 aromatic heterocycles. The minimum atomic E-state index is -3.72. The number of hydrogen-bond acceptors (Lipinski definition) is 7. The molecular weight excluding hydrogens is 420 g/mol. The number of hydrogen-bond donors (Lipinski definition) is 3. The second-order valence-electron chi connectivity index (χ2n) is 7.51. The van der Waals surface area contributed by atoms with Crippen LogP contribution in [0.3, 0.4) is 0 Å². The van der Waals surface area contributed by atoms with Gasteiger partial charge in [0.15, 0.2) is 0 Å². The van der Waals surface area contributed by atoms with Crippen LogP contribution < -0.4 is 10.4 Å². The van der Waals surface area contributed by atoms with Gasteiger partial charge in [0.1, 0.15) is 0 Å². The molecule has 1 aliphatic heterocycles. The van der Waals surface area contributed by atoms with E-state index in [9.17, 15) is 13.2 Å². The molecule has 1 heterocycles. The minimum Gasteiger partial charge on any atom is -0.411 e. The second-order valence-corrected chi connectivity index (χ2v) is 9.91. The van der Waals surface area contributed by atoms with E-state index in [2.05, 4.69) is 10.1 Å². The van der Waals surface area contributed by atoms with Crippen LogP contribution in [0.15, 0.2) is 29.4 Å². The van der Waals surface area contributed by atoms with Gasteiger partial charge in [-0.2, -0.15) is 4.31 Å². The van der Waals surface area contributed by atoms with E-state index in [4.69, 9.17) is 22.0 Å². The van der Waals surface area contributed by atoms with E-state index in [1.54, 1.807) is 17.6 Å². The molecule has 0 atom stereocenters. The number of piperazine rings is 1. The molecule has 2 aliphatic rings. The fourth-order valence-corrected chi connectivity index (χ4v) is 6.14. The van der Waals surface area contributed by atoms with E-state index in [1.165, 1.54) is 4.31 Å². The lowest BCUT2D eigenvalue weighted by Crippen LogP contribution is -2.53. The van der Waals surface area contributed by atoms with Crippen LogP contribution in [0, 0.1) is 5.41 Å². The molecule has 0 bridgehead atoms. The summed E-state index contributed by atoms with van der Waals surface area (Å²) >= 11 is 5.92. The molecule has 2 fully saturated rings. The van der Waals surface area contributed by atoms with Crippen molar-refractivity contribution >= 4 is 38.9 Å². The van der Waals surface area contributed by atoms with Crippen LogP contribution in [0.25, 0.3) is 0 Å². The number of nitrogens with one attached hydrogen (secondary N) is 1. The molecule has 11 heteroatoms. The molecule has 0 unspecified atom stereocenters. The average molecular weight is 445 g/mol. The molecule has 160 valence electrons. The molecule has 9 nitrogen and oxygen atoms in total. The highest BCUT2D eigenvalue weighted by atomic mass is 35.5. The van der Waals surface area contributed by atoms with Crippen LogP contribution in [-0.2, 0) is 14.8 Å². The molecule has 0 radical (unpaired) electrons. The van der Waals surface area contributed by atoms with E-state index < -0.39 is 21.3 Å². The Kier molecular flexibility index (Phi) is 6.67. The van der Waals surface area contributed by atoms with Crippen LogP contribution in [0.1, 0.15) is 25.7 Å². The topological polar surface area (TPSA) is 123 Å². The van der Waals surface area contributed by atoms with E-state index in [1.807, 2.05) is 12.1 Å². The lowest BCUT2D eigenvalue weighted by Gasteiger charge is -2.39. The third-order valence-corrected chi connectivity index (χ3v) is 8.11. The zero-order valence-electron chi connectivity index (χ0n) is 15.9. The number of amides is 1. The van der Waals surface area contributed by atoms with Crippen molar-refractivity contribution in [1.82, 2.24) is 9.79 Å². The Bertz CT molecular complexity index is 857. The summed E-state index contributed by atoms with van der Waals surface area (Å²) in [6, 6.07) is 7.39. The number of hydroxylamine groups is 1. The number of oxime groups is 1. The smallest absolute Gasteiger partial charge is 0.250 e. The van der Waals surface area contributed by atoms with Crippen molar-refractivity contribution in [2.24, 2.45) is 10.6 Å². The largest absolute Gasteiger partial charge is 0.411 e. The van der Waals surface area contributed by atoms with Crippen molar-refractivity contribution in [2.45, 2.75) is 25.7 Å². The van der Waals surface area contributed by atoms with Crippen molar-refractivity contribution in [3.05, 3.63) is 29.3 Å². The number of rotatable bonds is 5. The highest BCUT2D eigenvalue weighted by molar-refractivity contribution is 7.89. The van der Waals surface area contributed by atoms with Crippen LogP contribution >= 0.6 is 11.6 Å². The van der Waals surface area contributed by atoms with Gasteiger partial charge in [-0.15, -0.1) is 0 Å². The first-order chi connectivity index (χ1) is 13.8. The quantitative estimate of drug-likeness (QED) is 0.361. The third kappa shape index (κ3) is 4.82. The van der Waals surface area contributed by atoms with Gasteiger partial charge >= 0.3 is 0 Å². The van der Waals surface area contributed by atoms with Gasteiger partial charge < -0.3 is 10.1 Å². The number of nitrogens with zero attached hydrogens (tertiary/aromatic N) is 3. The summed E-state index contributed by atoms with van der Waals surface area (Å²) in [5.74, 6) is -1.09. The van der Waals surface area contributed by atoms with Crippen molar-refractivity contribution in [3.63, 3.8) is 0 Å². The van der Waals surface area contributed by atoms with E-state index in [0.717, 1.165) is 5.69 Å². The number of carbonyl (C=O) groups excluding carboxylic acids is 1. The van der Waals surface area contributed by atoms with Gasteiger partial charge in [-0.1, -0.05) is 16.8 Å². The lowest BCUT2D eigenvalue weighted by atomic mass is 9.74. The zero-order chi connectivity index (χ0) is 21.1. The van der Waals surface area contributed by atoms with Gasteiger partial charge in [0.2, 0.25) is 10.0 Å². The van der Waals surface area contributed by atoms with Crippen molar-refractivity contribution in [3.8, 4) is 0 Å². The third-order valence-electron chi connectivity index (χ3n) is 5.79. The van der Waals surface area contributed by atoms with E-state index >= 15 is 0 Å². The number of halogens is 1. The Morgan fingerprint density at radius 2 is 1.72 bits per heavy atom. The monoisotopic (exact) mass is 444 g/mol. The highest BCUT2D eigenvalue weighted by Gasteiger charge is 2.46. The predicted molar refractivity (Wildman–Crippen MR) is 109 cm³/mol. The molecule has 1 amide bonds. The molecule has 3 rings (SSSR count). The number of carbonyl (C=O) groups is 1. The molecule has 1 aromatic rings. The molecule has 1 saturated carbocycles. The average Bonchev–Trinajstić information content (AvgIpc) is 2.74. The normalized spacial score (nSPS) is 23.7. The van der Waals surface area contributed by atoms with Gasteiger partial charge in [-0.3, -0.25) is 10.0 Å². The highest BCUT2D eigenvalue weighted by Crippen LogP contribution is 2.38. The second kappa shape index (κ2) is 8.86. The van der Waals surface area contributed by atoms with Crippen molar-refractivity contribution < 1.29 is 23.6 Å². The summed E-state index contributed by atoms with van der Waals surface area (Å²) in [7, 11) is -3.72. The molecule has 29 heavy (non-hydrogen) atoms. The minimum absolute atomic E-state index is 0.197. The number of anilines is 1. The Hall–Kier alpha value is -1.88. The summed E-state index contributed by atoms with van der Waals surface area (Å²) in [6.07, 6.45) is 1.01. The molecule has 1 saturated heterocycles. The summed E-state index contributed by atoms with van der Waals surface area (Å²) in [5, 5.41) is 21.9. The fourth-order valence-electron chi connectivity index (χ4n) is 3.99. The summed E-state index contributed by atoms with van der Waals surface area (Å²) < 4.78 is 27.5. The Labute approximate surface area is 174 Å². The Morgan fingerprint density at radius 3 is 2.24 bits per heavy atom. The molecule has 1 aromatic carbocycles. The van der Waals surface area contributed by atoms with Crippen LogP contribution in [0.2, 0.25) is 5.02 Å². The summed E-state index contributed by atoms with van der Waals surface area (Å²) in [5.41, 5.74) is 1.89. The molecule has 0 spiro atoms. The first kappa shape index (κ1) is 21.8. The maximum Gasteiger partial charge on any atom is 0.250 e. The van der Waals surface area contributed by atoms with Crippen LogP contribution in [-0.4, -0.2) is 66.7 Å². The molecule has 3 N–H and O–H groups in total. The number of benzene rings is 1. The lowest BCUT2D eigenvalue weighted by molar-refractivity contribution is -0.139. The molecule has 1 aliphatic carbocycles. The molecular formula is C18H25ClN4O5S. The van der Waals surface area contributed by atoms with Gasteiger partial charge in [0.05, 0.1) is 16.9 Å².